The number of hydrogen-bond acceptors (Lipinski definition) is 3. The van der Waals surface area contributed by atoms with Crippen molar-refractivity contribution in [3.05, 3.63) is 22.4 Å². The van der Waals surface area contributed by atoms with Gasteiger partial charge in [0.2, 0.25) is 0 Å². The van der Waals surface area contributed by atoms with Crippen LogP contribution in [0.4, 0.5) is 0 Å². The molecule has 0 aromatic carbocycles. The first-order valence-electron chi connectivity index (χ1n) is 2.82. The van der Waals surface area contributed by atoms with Crippen LogP contribution < -0.4 is 0 Å². The fourth-order valence-corrected chi connectivity index (χ4v) is 1.83. The van der Waals surface area contributed by atoms with Crippen molar-refractivity contribution in [3.63, 3.8) is 0 Å². The molecule has 1 rings (SSSR count). The van der Waals surface area contributed by atoms with Gasteiger partial charge in [-0.25, -0.2) is 0 Å². The van der Waals surface area contributed by atoms with Crippen LogP contribution >= 0.6 is 11.3 Å². The van der Waals surface area contributed by atoms with Gasteiger partial charge < -0.3 is 4.55 Å². The first-order valence-corrected chi connectivity index (χ1v) is 4.90. The SMILES string of the molecule is CC(c1ccsc1)S(=O)[O-]. The third kappa shape index (κ3) is 1.65. The van der Waals surface area contributed by atoms with E-state index < -0.39 is 11.1 Å². The number of hydrogen-bond donors (Lipinski definition) is 0. The van der Waals surface area contributed by atoms with E-state index in [-0.39, 0.29) is 5.25 Å². The van der Waals surface area contributed by atoms with E-state index in [9.17, 15) is 8.76 Å². The molecule has 1 aromatic rings. The summed E-state index contributed by atoms with van der Waals surface area (Å²) >= 11 is -0.471. The topological polar surface area (TPSA) is 40.1 Å². The van der Waals surface area contributed by atoms with Crippen LogP contribution in [0.1, 0.15) is 17.7 Å². The first-order chi connectivity index (χ1) is 4.72. The van der Waals surface area contributed by atoms with Crippen LogP contribution in [0.25, 0.3) is 0 Å². The highest BCUT2D eigenvalue weighted by Gasteiger charge is 2.04. The Morgan fingerprint density at radius 3 is 2.90 bits per heavy atom. The molecule has 1 aromatic heterocycles. The molecule has 0 bridgehead atoms. The van der Waals surface area contributed by atoms with E-state index in [0.29, 0.717) is 0 Å². The van der Waals surface area contributed by atoms with Crippen molar-refractivity contribution >= 4 is 22.4 Å². The van der Waals surface area contributed by atoms with Gasteiger partial charge in [-0.05, 0) is 40.4 Å². The second kappa shape index (κ2) is 3.27. The van der Waals surface area contributed by atoms with Crippen LogP contribution in [0.2, 0.25) is 0 Å². The Balaban J connectivity index is 2.77. The fraction of sp³-hybridized carbons (Fsp3) is 0.333. The van der Waals surface area contributed by atoms with Gasteiger partial charge in [-0.2, -0.15) is 11.3 Å². The third-order valence-corrected chi connectivity index (χ3v) is 2.85. The predicted octanol–water partition coefficient (Wildman–Crippen LogP) is 1.69. The highest BCUT2D eigenvalue weighted by Crippen LogP contribution is 2.19. The Kier molecular flexibility index (Phi) is 2.59. The Morgan fingerprint density at radius 2 is 2.50 bits per heavy atom. The van der Waals surface area contributed by atoms with Gasteiger partial charge in [0.05, 0.1) is 0 Å². The lowest BCUT2D eigenvalue weighted by molar-refractivity contribution is 0.527. The minimum atomic E-state index is -1.98. The monoisotopic (exact) mass is 175 g/mol. The zero-order chi connectivity index (χ0) is 7.56. The van der Waals surface area contributed by atoms with E-state index in [1.165, 1.54) is 11.3 Å². The Bertz CT molecular complexity index is 218. The van der Waals surface area contributed by atoms with Crippen LogP contribution in [0.5, 0.6) is 0 Å². The summed E-state index contributed by atoms with van der Waals surface area (Å²) in [5.41, 5.74) is 0.873. The lowest BCUT2D eigenvalue weighted by atomic mass is 10.3. The summed E-state index contributed by atoms with van der Waals surface area (Å²) in [5, 5.41) is 3.35. The second-order valence-electron chi connectivity index (χ2n) is 1.96. The summed E-state index contributed by atoms with van der Waals surface area (Å²) in [6.45, 7) is 1.67. The van der Waals surface area contributed by atoms with Crippen LogP contribution in [-0.2, 0) is 11.1 Å². The molecular weight excluding hydrogens is 168 g/mol. The van der Waals surface area contributed by atoms with Gasteiger partial charge in [0.1, 0.15) is 0 Å². The zero-order valence-electron chi connectivity index (χ0n) is 5.44. The summed E-state index contributed by atoms with van der Waals surface area (Å²) in [7, 11) is 0. The molecule has 0 spiro atoms. The highest BCUT2D eigenvalue weighted by molar-refractivity contribution is 7.79. The maximum absolute atomic E-state index is 10.4. The minimum Gasteiger partial charge on any atom is -0.772 e. The summed E-state index contributed by atoms with van der Waals surface area (Å²) in [6, 6.07) is 1.82. The largest absolute Gasteiger partial charge is 0.772 e. The van der Waals surface area contributed by atoms with Crippen molar-refractivity contribution in [2.75, 3.05) is 0 Å². The normalized spacial score (nSPS) is 16.6. The molecule has 4 heteroatoms. The van der Waals surface area contributed by atoms with Crippen molar-refractivity contribution in [2.45, 2.75) is 12.2 Å². The lowest BCUT2D eigenvalue weighted by Crippen LogP contribution is -1.98. The molecule has 0 radical (unpaired) electrons. The third-order valence-electron chi connectivity index (χ3n) is 1.30. The molecule has 0 aliphatic carbocycles. The molecule has 0 aliphatic heterocycles. The van der Waals surface area contributed by atoms with E-state index >= 15 is 0 Å². The average Bonchev–Trinajstić information content (AvgIpc) is 2.36. The summed E-state index contributed by atoms with van der Waals surface area (Å²) in [6.07, 6.45) is 0. The first kappa shape index (κ1) is 7.91. The van der Waals surface area contributed by atoms with Crippen molar-refractivity contribution in [1.82, 2.24) is 0 Å². The van der Waals surface area contributed by atoms with E-state index in [1.54, 1.807) is 6.92 Å². The number of thiophene rings is 1. The lowest BCUT2D eigenvalue weighted by Gasteiger charge is -2.12. The van der Waals surface area contributed by atoms with Gasteiger partial charge in [-0.15, -0.1) is 0 Å². The van der Waals surface area contributed by atoms with Crippen molar-refractivity contribution in [1.29, 1.82) is 0 Å². The molecule has 2 nitrogen and oxygen atoms in total. The van der Waals surface area contributed by atoms with Crippen LogP contribution in [0, 0.1) is 0 Å². The second-order valence-corrected chi connectivity index (χ2v) is 3.97. The van der Waals surface area contributed by atoms with Gasteiger partial charge in [0, 0.05) is 5.25 Å². The highest BCUT2D eigenvalue weighted by atomic mass is 32.2. The standard InChI is InChI=1S/C6H8O2S2/c1-5(10(7)8)6-2-3-9-4-6/h2-5H,1H3,(H,7,8)/p-1. The van der Waals surface area contributed by atoms with Crippen molar-refractivity contribution < 1.29 is 8.76 Å². The Hall–Kier alpha value is -0.190. The molecule has 56 valence electrons. The summed E-state index contributed by atoms with van der Waals surface area (Å²) < 4.78 is 20.8. The van der Waals surface area contributed by atoms with Gasteiger partial charge in [0.15, 0.2) is 0 Å². The molecule has 0 fully saturated rings. The van der Waals surface area contributed by atoms with Crippen molar-refractivity contribution in [3.8, 4) is 0 Å². The van der Waals surface area contributed by atoms with E-state index in [0.717, 1.165) is 5.56 Å². The molecule has 0 aliphatic rings. The predicted molar refractivity (Wildman–Crippen MR) is 41.7 cm³/mol. The molecule has 2 atom stereocenters. The molecule has 0 amide bonds. The molecular formula is C6H7O2S2-. The molecule has 2 unspecified atom stereocenters. The quantitative estimate of drug-likeness (QED) is 0.642. The molecule has 0 saturated carbocycles. The average molecular weight is 175 g/mol. The molecule has 0 saturated heterocycles. The van der Waals surface area contributed by atoms with E-state index in [1.807, 2.05) is 16.8 Å². The van der Waals surface area contributed by atoms with Crippen LogP contribution in [0.3, 0.4) is 0 Å². The van der Waals surface area contributed by atoms with Crippen LogP contribution in [0.15, 0.2) is 16.8 Å². The smallest absolute Gasteiger partial charge is 0.0445 e. The van der Waals surface area contributed by atoms with Gasteiger partial charge >= 0.3 is 0 Å². The molecule has 10 heavy (non-hydrogen) atoms. The maximum atomic E-state index is 10.4. The van der Waals surface area contributed by atoms with Crippen molar-refractivity contribution in [2.24, 2.45) is 0 Å². The van der Waals surface area contributed by atoms with E-state index in [4.69, 9.17) is 0 Å². The fourth-order valence-electron chi connectivity index (χ4n) is 0.617. The number of rotatable bonds is 2. The summed E-state index contributed by atoms with van der Waals surface area (Å²) in [4.78, 5) is 0. The minimum absolute atomic E-state index is 0.369. The zero-order valence-corrected chi connectivity index (χ0v) is 7.08. The molecule has 1 heterocycles. The van der Waals surface area contributed by atoms with Gasteiger partial charge in [0.25, 0.3) is 0 Å². The van der Waals surface area contributed by atoms with Gasteiger partial charge in [-0.3, -0.25) is 4.21 Å². The Morgan fingerprint density at radius 1 is 1.80 bits per heavy atom. The Labute approximate surface area is 66.2 Å². The van der Waals surface area contributed by atoms with E-state index in [2.05, 4.69) is 0 Å². The molecule has 0 N–H and O–H groups in total. The van der Waals surface area contributed by atoms with Crippen LogP contribution in [-0.4, -0.2) is 8.76 Å². The summed E-state index contributed by atoms with van der Waals surface area (Å²) in [5.74, 6) is 0. The van der Waals surface area contributed by atoms with Gasteiger partial charge in [-0.1, -0.05) is 0 Å². The maximum Gasteiger partial charge on any atom is 0.0445 e.